The van der Waals surface area contributed by atoms with Gasteiger partial charge in [0.05, 0.1) is 0 Å². The van der Waals surface area contributed by atoms with Gasteiger partial charge in [0.15, 0.2) is 0 Å². The molecule has 2 aliphatic carbocycles. The lowest BCUT2D eigenvalue weighted by Crippen LogP contribution is -2.46. The first-order valence-electron chi connectivity index (χ1n) is 8.81. The van der Waals surface area contributed by atoms with Crippen LogP contribution in [0.2, 0.25) is 0 Å². The number of carbonyl (C=O) groups excluding carboxylic acids is 2. The van der Waals surface area contributed by atoms with Crippen molar-refractivity contribution in [2.75, 3.05) is 13.1 Å². The minimum Gasteiger partial charge on any atom is -0.355 e. The van der Waals surface area contributed by atoms with Crippen molar-refractivity contribution in [2.24, 2.45) is 11.8 Å². The maximum absolute atomic E-state index is 13.1. The Morgan fingerprint density at radius 1 is 1.21 bits per heavy atom. The lowest BCUT2D eigenvalue weighted by atomic mass is 9.64. The molecule has 3 rings (SSSR count). The van der Waals surface area contributed by atoms with Crippen LogP contribution in [0.5, 0.6) is 0 Å². The molecule has 2 saturated carbocycles. The van der Waals surface area contributed by atoms with E-state index in [1.165, 1.54) is 12.1 Å². The minimum atomic E-state index is -0.238. The Balaban J connectivity index is 1.43. The molecule has 130 valence electrons. The predicted octanol–water partition coefficient (Wildman–Crippen LogP) is 2.53. The fourth-order valence-electron chi connectivity index (χ4n) is 3.45. The van der Waals surface area contributed by atoms with E-state index in [-0.39, 0.29) is 29.0 Å². The molecule has 0 aliphatic heterocycles. The van der Waals surface area contributed by atoms with Crippen LogP contribution in [0.1, 0.15) is 44.6 Å². The summed E-state index contributed by atoms with van der Waals surface area (Å²) in [5, 5.41) is 5.81. The zero-order chi connectivity index (χ0) is 17.2. The first-order chi connectivity index (χ1) is 11.5. The molecule has 5 heteroatoms. The van der Waals surface area contributed by atoms with Gasteiger partial charge in [-0.15, -0.1) is 0 Å². The fourth-order valence-corrected chi connectivity index (χ4v) is 3.45. The second-order valence-corrected chi connectivity index (χ2v) is 7.28. The summed E-state index contributed by atoms with van der Waals surface area (Å²) in [6, 6.07) is 6.59. The number of nitrogens with one attached hydrogen (secondary N) is 2. The van der Waals surface area contributed by atoms with Gasteiger partial charge in [-0.2, -0.15) is 0 Å². The largest absolute Gasteiger partial charge is 0.355 e. The highest BCUT2D eigenvalue weighted by Gasteiger charge is 2.39. The maximum Gasteiger partial charge on any atom is 0.223 e. The van der Waals surface area contributed by atoms with Crippen molar-refractivity contribution in [2.45, 2.75) is 44.4 Å². The van der Waals surface area contributed by atoms with Crippen LogP contribution in [0, 0.1) is 17.7 Å². The van der Waals surface area contributed by atoms with Crippen molar-refractivity contribution in [3.8, 4) is 0 Å². The molecule has 0 unspecified atom stereocenters. The Bertz CT molecular complexity index is 610. The van der Waals surface area contributed by atoms with E-state index >= 15 is 0 Å². The maximum atomic E-state index is 13.1. The zero-order valence-electron chi connectivity index (χ0n) is 14.1. The number of hydrogen-bond donors (Lipinski definition) is 2. The topological polar surface area (TPSA) is 58.2 Å². The quantitative estimate of drug-likeness (QED) is 0.806. The van der Waals surface area contributed by atoms with Crippen molar-refractivity contribution in [1.82, 2.24) is 10.6 Å². The van der Waals surface area contributed by atoms with Gasteiger partial charge < -0.3 is 10.6 Å². The number of benzene rings is 1. The third-order valence-corrected chi connectivity index (χ3v) is 5.49. The Hall–Kier alpha value is -1.91. The van der Waals surface area contributed by atoms with Gasteiger partial charge in [-0.1, -0.05) is 25.5 Å². The molecule has 0 spiro atoms. The van der Waals surface area contributed by atoms with Crippen molar-refractivity contribution in [3.05, 3.63) is 35.6 Å². The van der Waals surface area contributed by atoms with Crippen molar-refractivity contribution < 1.29 is 14.0 Å². The van der Waals surface area contributed by atoms with E-state index in [0.29, 0.717) is 25.4 Å². The summed E-state index contributed by atoms with van der Waals surface area (Å²) in [4.78, 5) is 23.7. The molecule has 2 atom stereocenters. The minimum absolute atomic E-state index is 0.0486. The predicted molar refractivity (Wildman–Crippen MR) is 89.8 cm³/mol. The molecule has 2 amide bonds. The molecular weight excluding hydrogens is 307 g/mol. The Kier molecular flexibility index (Phi) is 4.88. The number of amides is 2. The average molecular weight is 332 g/mol. The fraction of sp³-hybridized carbons (Fsp3) is 0.579. The molecule has 2 aliphatic rings. The first-order valence-corrected chi connectivity index (χ1v) is 8.81. The monoisotopic (exact) mass is 332 g/mol. The summed E-state index contributed by atoms with van der Waals surface area (Å²) in [6.07, 6.45) is 4.40. The van der Waals surface area contributed by atoms with Crippen LogP contribution >= 0.6 is 0 Å². The second-order valence-electron chi connectivity index (χ2n) is 7.28. The summed E-state index contributed by atoms with van der Waals surface area (Å²) < 4.78 is 13.1. The van der Waals surface area contributed by atoms with Crippen molar-refractivity contribution in [3.63, 3.8) is 0 Å². The van der Waals surface area contributed by atoms with Crippen LogP contribution in [-0.2, 0) is 15.0 Å². The highest BCUT2D eigenvalue weighted by atomic mass is 19.1. The van der Waals surface area contributed by atoms with Gasteiger partial charge in [0.25, 0.3) is 0 Å². The number of carbonyl (C=O) groups is 2. The van der Waals surface area contributed by atoms with E-state index in [1.807, 2.05) is 12.1 Å². The van der Waals surface area contributed by atoms with Gasteiger partial charge in [0.2, 0.25) is 11.8 Å². The molecule has 24 heavy (non-hydrogen) atoms. The van der Waals surface area contributed by atoms with E-state index in [2.05, 4.69) is 17.6 Å². The smallest absolute Gasteiger partial charge is 0.223 e. The average Bonchev–Trinajstić information content (AvgIpc) is 3.25. The van der Waals surface area contributed by atoms with Crippen molar-refractivity contribution >= 4 is 11.8 Å². The van der Waals surface area contributed by atoms with Gasteiger partial charge in [0.1, 0.15) is 5.82 Å². The summed E-state index contributed by atoms with van der Waals surface area (Å²) in [5.41, 5.74) is 1.03. The Morgan fingerprint density at radius 2 is 1.88 bits per heavy atom. The molecule has 0 bridgehead atoms. The molecule has 4 nitrogen and oxygen atoms in total. The standard InChI is InChI=1S/C19H25FN2O2/c1-13-11-16(13)18(24)21-10-7-17(23)22-12-19(8-2-9-19)14-3-5-15(20)6-4-14/h3-6,13,16H,2,7-12H2,1H3,(H,21,24)(H,22,23)/t13-,16+/m0/s1. The molecule has 1 aromatic rings. The lowest BCUT2D eigenvalue weighted by molar-refractivity contribution is -0.123. The molecule has 0 heterocycles. The van der Waals surface area contributed by atoms with E-state index in [4.69, 9.17) is 0 Å². The highest BCUT2D eigenvalue weighted by molar-refractivity contribution is 5.82. The van der Waals surface area contributed by atoms with E-state index in [9.17, 15) is 14.0 Å². The summed E-state index contributed by atoms with van der Waals surface area (Å²) >= 11 is 0. The molecule has 2 N–H and O–H groups in total. The van der Waals surface area contributed by atoms with Crippen molar-refractivity contribution in [1.29, 1.82) is 0 Å². The van der Waals surface area contributed by atoms with Crippen LogP contribution in [0.4, 0.5) is 4.39 Å². The first kappa shape index (κ1) is 16.9. The van der Waals surface area contributed by atoms with E-state index in [0.717, 1.165) is 31.2 Å². The van der Waals surface area contributed by atoms with Gasteiger partial charge >= 0.3 is 0 Å². The third kappa shape index (κ3) is 3.77. The molecule has 0 aromatic heterocycles. The lowest BCUT2D eigenvalue weighted by Gasteiger charge is -2.42. The third-order valence-electron chi connectivity index (χ3n) is 5.49. The number of hydrogen-bond acceptors (Lipinski definition) is 2. The zero-order valence-corrected chi connectivity index (χ0v) is 14.1. The number of halogens is 1. The van der Waals surface area contributed by atoms with Crippen LogP contribution in [0.15, 0.2) is 24.3 Å². The normalized spacial score (nSPS) is 23.9. The Labute approximate surface area is 142 Å². The van der Waals surface area contributed by atoms with Crippen LogP contribution in [-0.4, -0.2) is 24.9 Å². The highest BCUT2D eigenvalue weighted by Crippen LogP contribution is 2.43. The summed E-state index contributed by atoms with van der Waals surface area (Å²) in [7, 11) is 0. The van der Waals surface area contributed by atoms with Crippen LogP contribution < -0.4 is 10.6 Å². The van der Waals surface area contributed by atoms with Gasteiger partial charge in [-0.05, 0) is 42.9 Å². The molecule has 0 saturated heterocycles. The van der Waals surface area contributed by atoms with Gasteiger partial charge in [0, 0.05) is 30.8 Å². The van der Waals surface area contributed by atoms with Crippen LogP contribution in [0.3, 0.4) is 0 Å². The summed E-state index contributed by atoms with van der Waals surface area (Å²) in [6.45, 7) is 3.02. The molecule has 2 fully saturated rings. The SMILES string of the molecule is C[C@H]1C[C@H]1C(=O)NCCC(=O)NCC1(c2ccc(F)cc2)CCC1. The molecule has 1 aromatic carbocycles. The van der Waals surface area contributed by atoms with E-state index < -0.39 is 0 Å². The second kappa shape index (κ2) is 6.91. The molecular formula is C19H25FN2O2. The Morgan fingerprint density at radius 3 is 2.42 bits per heavy atom. The van der Waals surface area contributed by atoms with Crippen LogP contribution in [0.25, 0.3) is 0 Å². The molecule has 0 radical (unpaired) electrons. The van der Waals surface area contributed by atoms with Gasteiger partial charge in [-0.25, -0.2) is 4.39 Å². The summed E-state index contributed by atoms with van der Waals surface area (Å²) in [5.74, 6) is 0.403. The van der Waals surface area contributed by atoms with Gasteiger partial charge in [-0.3, -0.25) is 9.59 Å². The number of rotatable bonds is 7. The van der Waals surface area contributed by atoms with E-state index in [1.54, 1.807) is 0 Å².